The molecule has 0 N–H and O–H groups in total. The van der Waals surface area contributed by atoms with Crippen LogP contribution in [0.1, 0.15) is 0 Å². The molecule has 14 heavy (non-hydrogen) atoms. The third kappa shape index (κ3) is 1.05. The van der Waals surface area contributed by atoms with Gasteiger partial charge in [-0.15, -0.1) is 0 Å². The Kier molecular flexibility index (Phi) is 3.23. The van der Waals surface area contributed by atoms with Gasteiger partial charge in [-0.25, -0.2) is 0 Å². The van der Waals surface area contributed by atoms with Crippen molar-refractivity contribution in [3.8, 4) is 27.5 Å². The number of hydrogen-bond acceptors (Lipinski definition) is 6. The van der Waals surface area contributed by atoms with Gasteiger partial charge in [-0.1, -0.05) is 0 Å². The molecular formula is C6IrN6Ni. The summed E-state index contributed by atoms with van der Waals surface area (Å²) in [4.78, 5) is 0. The molecule has 0 amide bonds. The molecule has 0 rings (SSSR count). The van der Waals surface area contributed by atoms with Crippen LogP contribution in [0.5, 0.6) is 0 Å². The van der Waals surface area contributed by atoms with E-state index < -0.39 is 12.9 Å². The first-order chi connectivity index (χ1) is 5.97. The van der Waals surface area contributed by atoms with Crippen molar-refractivity contribution >= 4 is 0 Å². The molecule has 0 atom stereocenters. The summed E-state index contributed by atoms with van der Waals surface area (Å²) < 4.78 is 6.44. The Morgan fingerprint density at radius 2 is 0.643 bits per heavy atom. The average Bonchev–Trinajstić information content (AvgIpc) is 2.26. The molecular weight excluding hydrogens is 407 g/mol. The van der Waals surface area contributed by atoms with E-state index in [2.05, 4.69) is 0 Å². The fourth-order valence-corrected chi connectivity index (χ4v) is 2.05. The maximum Gasteiger partial charge on any atom is 2.00 e. The third-order valence-corrected chi connectivity index (χ3v) is 9.15. The largest absolute Gasteiger partial charge is 2.00 e. The number of rotatable bonds is 0. The Morgan fingerprint density at radius 3 is 0.643 bits per heavy atom. The minimum absolute atomic E-state index is 0. The Hall–Kier alpha value is -1.92. The van der Waals surface area contributed by atoms with Crippen molar-refractivity contribution in [1.29, 1.82) is 31.6 Å². The fourth-order valence-electron chi connectivity index (χ4n) is 0.250. The van der Waals surface area contributed by atoms with Crippen LogP contribution in [0.3, 0.4) is 0 Å². The van der Waals surface area contributed by atoms with Gasteiger partial charge in [-0.2, -0.15) is 0 Å². The van der Waals surface area contributed by atoms with Crippen molar-refractivity contribution in [2.24, 2.45) is 0 Å². The molecule has 0 fully saturated rings. The fraction of sp³-hybridized carbons (Fsp3) is 0. The van der Waals surface area contributed by atoms with Gasteiger partial charge >= 0.3 is 88.4 Å². The average molecular weight is 407 g/mol. The summed E-state index contributed by atoms with van der Waals surface area (Å²) in [7, 11) is 0. The van der Waals surface area contributed by atoms with Gasteiger partial charge < -0.3 is 0 Å². The second-order valence-electron chi connectivity index (χ2n) is 1.70. The van der Waals surface area contributed by atoms with Gasteiger partial charge in [-0.05, 0) is 0 Å². The third-order valence-electron chi connectivity index (χ3n) is 1.12. The maximum absolute atomic E-state index is 8.60. The molecule has 8 heteroatoms. The molecule has 0 aromatic rings. The van der Waals surface area contributed by atoms with Crippen LogP contribution in [0.15, 0.2) is 0 Å². The summed E-state index contributed by atoms with van der Waals surface area (Å²) in [5.41, 5.74) is 0. The van der Waals surface area contributed by atoms with Crippen LogP contribution in [0.2, 0.25) is 0 Å². The molecule has 0 aromatic heterocycles. The maximum atomic E-state index is 8.60. The molecule has 0 saturated carbocycles. The minimum Gasteiger partial charge on any atom is 2.00 e. The first-order valence-corrected chi connectivity index (χ1v) is 9.53. The summed E-state index contributed by atoms with van der Waals surface area (Å²) in [5, 5.41) is 51.6. The first-order valence-electron chi connectivity index (χ1n) is 2.34. The van der Waals surface area contributed by atoms with Crippen LogP contribution < -0.4 is 0 Å². The molecule has 0 bridgehead atoms. The smallest absolute Gasteiger partial charge is 2.00 e. The molecule has 0 aliphatic rings. The van der Waals surface area contributed by atoms with Crippen molar-refractivity contribution in [2.75, 3.05) is 0 Å². The molecule has 0 aromatic carbocycles. The van der Waals surface area contributed by atoms with E-state index >= 15 is 0 Å². The van der Waals surface area contributed by atoms with Gasteiger partial charge in [0.25, 0.3) is 0 Å². The summed E-state index contributed by atoms with van der Waals surface area (Å²) in [6.07, 6.45) is 0. The standard InChI is InChI=1S/6CN.Ir.Ni/c6*1-2;;/q;;;;;;-2;+2. The Labute approximate surface area is 88.3 Å². The molecule has 0 aliphatic heterocycles. The Morgan fingerprint density at radius 1 is 0.500 bits per heavy atom. The zero-order valence-corrected chi connectivity index (χ0v) is 9.72. The van der Waals surface area contributed by atoms with Crippen LogP contribution in [-0.4, -0.2) is 0 Å². The predicted octanol–water partition coefficient (Wildman–Crippen LogP) is 0.0957. The van der Waals surface area contributed by atoms with Gasteiger partial charge in [0.1, 0.15) is 0 Å². The SMILES string of the molecule is N#[C][Ir-2]([C]#N)([C]#N)([C]#N)([C]#N)[C]#N.[Ni+2]. The van der Waals surface area contributed by atoms with E-state index in [0.717, 1.165) is 27.5 Å². The summed E-state index contributed by atoms with van der Waals surface area (Å²) in [6, 6.07) is 0. The van der Waals surface area contributed by atoms with Gasteiger partial charge in [0.2, 0.25) is 0 Å². The Balaban J connectivity index is 0. The van der Waals surface area contributed by atoms with Crippen molar-refractivity contribution in [2.45, 2.75) is 0 Å². The van der Waals surface area contributed by atoms with Crippen LogP contribution in [0, 0.1) is 59.1 Å². The summed E-state index contributed by atoms with van der Waals surface area (Å²) in [6.45, 7) is 0. The van der Waals surface area contributed by atoms with Crippen molar-refractivity contribution in [3.05, 3.63) is 0 Å². The van der Waals surface area contributed by atoms with Crippen molar-refractivity contribution in [1.82, 2.24) is 0 Å². The van der Waals surface area contributed by atoms with Gasteiger partial charge in [0.05, 0.1) is 0 Å². The van der Waals surface area contributed by atoms with Crippen LogP contribution in [-0.2, 0) is 29.4 Å². The molecule has 0 heterocycles. The van der Waals surface area contributed by atoms with Gasteiger partial charge in [0, 0.05) is 0 Å². The van der Waals surface area contributed by atoms with Crippen molar-refractivity contribution in [3.63, 3.8) is 0 Å². The van der Waals surface area contributed by atoms with E-state index in [4.69, 9.17) is 31.6 Å². The van der Waals surface area contributed by atoms with Gasteiger partial charge in [0.15, 0.2) is 0 Å². The van der Waals surface area contributed by atoms with Crippen molar-refractivity contribution < 1.29 is 29.4 Å². The second kappa shape index (κ2) is 3.09. The Bertz CT molecular complexity index is 392. The summed E-state index contributed by atoms with van der Waals surface area (Å²) in [5.74, 6) is 0. The molecule has 0 radical (unpaired) electrons. The molecule has 0 aliphatic carbocycles. The second-order valence-corrected chi connectivity index (χ2v) is 13.9. The quantitative estimate of drug-likeness (QED) is 0.521. The number of nitriles is 6. The molecule has 6 nitrogen and oxygen atoms in total. The molecule has 0 unspecified atom stereocenters. The molecule has 0 saturated heterocycles. The predicted molar refractivity (Wildman–Crippen MR) is 33.7 cm³/mol. The summed E-state index contributed by atoms with van der Waals surface area (Å²) >= 11 is -6.69. The number of hydrogen-bond donors (Lipinski definition) is 0. The topological polar surface area (TPSA) is 143 Å². The van der Waals surface area contributed by atoms with E-state index in [9.17, 15) is 0 Å². The zero-order valence-electron chi connectivity index (χ0n) is 6.33. The normalized spacial score (nSPS) is 12.4. The van der Waals surface area contributed by atoms with Gasteiger partial charge in [-0.3, -0.25) is 0 Å². The van der Waals surface area contributed by atoms with E-state index in [1.165, 1.54) is 0 Å². The molecule has 73 valence electrons. The monoisotopic (exact) mass is 407 g/mol. The first kappa shape index (κ1) is 14.6. The zero-order chi connectivity index (χ0) is 10.7. The van der Waals surface area contributed by atoms with E-state index in [1.807, 2.05) is 0 Å². The van der Waals surface area contributed by atoms with E-state index in [-0.39, 0.29) is 16.5 Å². The van der Waals surface area contributed by atoms with Crippen LogP contribution in [0.4, 0.5) is 0 Å². The van der Waals surface area contributed by atoms with Crippen LogP contribution >= 0.6 is 0 Å². The van der Waals surface area contributed by atoms with E-state index in [1.54, 1.807) is 0 Å². The van der Waals surface area contributed by atoms with E-state index in [0.29, 0.717) is 0 Å². The minimum atomic E-state index is -6.69. The number of nitrogens with zero attached hydrogens (tertiary/aromatic N) is 6. The molecule has 0 spiro atoms. The van der Waals surface area contributed by atoms with Crippen LogP contribution in [0.25, 0.3) is 0 Å².